The van der Waals surface area contributed by atoms with E-state index in [0.29, 0.717) is 5.41 Å². The Morgan fingerprint density at radius 1 is 1.14 bits per heavy atom. The highest BCUT2D eigenvalue weighted by Gasteiger charge is 2.28. The molecule has 4 nitrogen and oxygen atoms in total. The third kappa shape index (κ3) is 5.53. The second-order valence-electron chi connectivity index (χ2n) is 9.13. The molecule has 1 aliphatic rings. The molecule has 5 heteroatoms. The Balaban J connectivity index is 1.97. The summed E-state index contributed by atoms with van der Waals surface area (Å²) in [7, 11) is 0. The van der Waals surface area contributed by atoms with E-state index in [-0.39, 0.29) is 6.10 Å². The van der Waals surface area contributed by atoms with Gasteiger partial charge < -0.3 is 9.64 Å². The monoisotopic (exact) mass is 399 g/mol. The number of anilines is 1. The Morgan fingerprint density at radius 3 is 2.48 bits per heavy atom. The van der Waals surface area contributed by atoms with E-state index in [2.05, 4.69) is 49.5 Å². The number of pyridine rings is 2. The first kappa shape index (κ1) is 21.7. The maximum absolute atomic E-state index is 13.4. The maximum atomic E-state index is 13.4. The van der Waals surface area contributed by atoms with Crippen molar-refractivity contribution in [2.24, 2.45) is 5.41 Å². The first-order valence-electron chi connectivity index (χ1n) is 10.7. The average molecular weight is 400 g/mol. The van der Waals surface area contributed by atoms with E-state index in [9.17, 15) is 4.39 Å². The fourth-order valence-electron chi connectivity index (χ4n) is 3.94. The fourth-order valence-corrected chi connectivity index (χ4v) is 3.94. The number of aryl methyl sites for hydroxylation is 1. The molecule has 0 bridgehead atoms. The lowest BCUT2D eigenvalue weighted by Crippen LogP contribution is -2.38. The van der Waals surface area contributed by atoms with Crippen molar-refractivity contribution in [2.75, 3.05) is 24.6 Å². The number of halogens is 1. The summed E-state index contributed by atoms with van der Waals surface area (Å²) in [6.07, 6.45) is 7.98. The normalized spacial score (nSPS) is 16.4. The summed E-state index contributed by atoms with van der Waals surface area (Å²) in [6, 6.07) is 3.23. The molecule has 0 saturated carbocycles. The van der Waals surface area contributed by atoms with Crippen LogP contribution in [-0.2, 0) is 11.2 Å². The fraction of sp³-hybridized carbons (Fsp3) is 0.583. The van der Waals surface area contributed by atoms with Gasteiger partial charge in [-0.05, 0) is 69.6 Å². The molecule has 2 aromatic heterocycles. The van der Waals surface area contributed by atoms with Gasteiger partial charge in [0.05, 0.1) is 11.8 Å². The molecule has 0 atom stereocenters. The number of nitrogens with zero attached hydrogens (tertiary/aromatic N) is 3. The predicted octanol–water partition coefficient (Wildman–Crippen LogP) is 5.58. The van der Waals surface area contributed by atoms with Crippen LogP contribution in [0.5, 0.6) is 0 Å². The van der Waals surface area contributed by atoms with Crippen molar-refractivity contribution in [2.45, 2.75) is 66.4 Å². The topological polar surface area (TPSA) is 38.2 Å². The molecule has 158 valence electrons. The third-order valence-corrected chi connectivity index (χ3v) is 5.86. The standard InChI is InChI=1S/C24H34FN3O/c1-17(2)29-14-6-7-20-18(3)26-16-21(19-8-9-22(25)27-15-19)23(20)28-12-10-24(4,5)11-13-28/h8-9,15-17H,6-7,10-14H2,1-5H3. The van der Waals surface area contributed by atoms with Gasteiger partial charge in [0.1, 0.15) is 0 Å². The van der Waals surface area contributed by atoms with Crippen LogP contribution in [0.25, 0.3) is 11.1 Å². The number of piperidine rings is 1. The molecule has 0 aliphatic carbocycles. The number of hydrogen-bond acceptors (Lipinski definition) is 4. The number of rotatable bonds is 7. The van der Waals surface area contributed by atoms with Gasteiger partial charge in [0.15, 0.2) is 0 Å². The lowest BCUT2D eigenvalue weighted by Gasteiger charge is -2.40. The van der Waals surface area contributed by atoms with Crippen LogP contribution in [0.1, 0.15) is 58.2 Å². The van der Waals surface area contributed by atoms with E-state index in [0.717, 1.165) is 62.2 Å². The first-order valence-corrected chi connectivity index (χ1v) is 10.7. The molecule has 29 heavy (non-hydrogen) atoms. The molecule has 1 saturated heterocycles. The number of aromatic nitrogens is 2. The molecule has 0 unspecified atom stereocenters. The van der Waals surface area contributed by atoms with Gasteiger partial charge in [0.25, 0.3) is 0 Å². The summed E-state index contributed by atoms with van der Waals surface area (Å²) in [4.78, 5) is 11.1. The van der Waals surface area contributed by atoms with E-state index < -0.39 is 5.95 Å². The van der Waals surface area contributed by atoms with E-state index in [1.807, 2.05) is 6.20 Å². The lowest BCUT2D eigenvalue weighted by molar-refractivity contribution is 0.0772. The smallest absolute Gasteiger partial charge is 0.212 e. The summed E-state index contributed by atoms with van der Waals surface area (Å²) in [6.45, 7) is 13.7. The highest BCUT2D eigenvalue weighted by atomic mass is 19.1. The Labute approximate surface area is 174 Å². The maximum Gasteiger partial charge on any atom is 0.212 e. The Bertz CT molecular complexity index is 808. The highest BCUT2D eigenvalue weighted by Crippen LogP contribution is 2.39. The Kier molecular flexibility index (Phi) is 6.89. The quantitative estimate of drug-likeness (QED) is 0.450. The Hall–Kier alpha value is -2.01. The van der Waals surface area contributed by atoms with Crippen LogP contribution < -0.4 is 4.90 Å². The van der Waals surface area contributed by atoms with Gasteiger partial charge >= 0.3 is 0 Å². The van der Waals surface area contributed by atoms with Crippen LogP contribution in [0.4, 0.5) is 10.1 Å². The van der Waals surface area contributed by atoms with E-state index in [4.69, 9.17) is 4.74 Å². The molecule has 3 rings (SSSR count). The second-order valence-corrected chi connectivity index (χ2v) is 9.13. The molecule has 0 amide bonds. The van der Waals surface area contributed by atoms with Crippen LogP contribution in [0, 0.1) is 18.3 Å². The van der Waals surface area contributed by atoms with Crippen molar-refractivity contribution < 1.29 is 9.13 Å². The molecule has 2 aromatic rings. The molecule has 0 spiro atoms. The van der Waals surface area contributed by atoms with Crippen LogP contribution in [0.3, 0.4) is 0 Å². The van der Waals surface area contributed by atoms with Crippen LogP contribution in [0.2, 0.25) is 0 Å². The van der Waals surface area contributed by atoms with Gasteiger partial charge in [-0.1, -0.05) is 13.8 Å². The first-order chi connectivity index (χ1) is 13.8. The van der Waals surface area contributed by atoms with Crippen molar-refractivity contribution in [3.05, 3.63) is 41.7 Å². The zero-order valence-corrected chi connectivity index (χ0v) is 18.5. The van der Waals surface area contributed by atoms with Crippen LogP contribution in [0.15, 0.2) is 24.5 Å². The number of hydrogen-bond donors (Lipinski definition) is 0. The van der Waals surface area contributed by atoms with Gasteiger partial charge in [0.2, 0.25) is 5.95 Å². The molecule has 1 aliphatic heterocycles. The zero-order valence-electron chi connectivity index (χ0n) is 18.5. The van der Waals surface area contributed by atoms with Gasteiger partial charge in [-0.25, -0.2) is 4.98 Å². The summed E-state index contributed by atoms with van der Waals surface area (Å²) in [5.74, 6) is -0.457. The SMILES string of the molecule is Cc1ncc(-c2ccc(F)nc2)c(N2CCC(C)(C)CC2)c1CCCOC(C)C. The minimum Gasteiger partial charge on any atom is -0.379 e. The molecule has 1 fully saturated rings. The van der Waals surface area contributed by atoms with Crippen molar-refractivity contribution in [1.82, 2.24) is 9.97 Å². The summed E-state index contributed by atoms with van der Waals surface area (Å²) in [5, 5.41) is 0. The van der Waals surface area contributed by atoms with Gasteiger partial charge in [-0.3, -0.25) is 4.98 Å². The lowest BCUT2D eigenvalue weighted by atomic mass is 9.82. The molecule has 0 N–H and O–H groups in total. The van der Waals surface area contributed by atoms with Crippen molar-refractivity contribution >= 4 is 5.69 Å². The highest BCUT2D eigenvalue weighted by molar-refractivity contribution is 5.80. The number of ether oxygens (including phenoxy) is 1. The van der Waals surface area contributed by atoms with Gasteiger partial charge in [-0.2, -0.15) is 4.39 Å². The average Bonchev–Trinajstić information content (AvgIpc) is 2.67. The van der Waals surface area contributed by atoms with Gasteiger partial charge in [0, 0.05) is 48.9 Å². The second kappa shape index (κ2) is 9.21. The van der Waals surface area contributed by atoms with Gasteiger partial charge in [-0.15, -0.1) is 0 Å². The molecule has 0 radical (unpaired) electrons. The molecular weight excluding hydrogens is 365 g/mol. The summed E-state index contributed by atoms with van der Waals surface area (Å²) in [5.41, 5.74) is 5.92. The van der Waals surface area contributed by atoms with Crippen molar-refractivity contribution in [1.29, 1.82) is 0 Å². The largest absolute Gasteiger partial charge is 0.379 e. The summed E-state index contributed by atoms with van der Waals surface area (Å²) >= 11 is 0. The Morgan fingerprint density at radius 2 is 1.86 bits per heavy atom. The third-order valence-electron chi connectivity index (χ3n) is 5.86. The zero-order chi connectivity index (χ0) is 21.0. The molecular formula is C24H34FN3O. The minimum atomic E-state index is -0.457. The van der Waals surface area contributed by atoms with Crippen molar-refractivity contribution in [3.8, 4) is 11.1 Å². The predicted molar refractivity (Wildman–Crippen MR) is 117 cm³/mol. The van der Waals surface area contributed by atoms with E-state index >= 15 is 0 Å². The van der Waals surface area contributed by atoms with Crippen LogP contribution >= 0.6 is 0 Å². The molecule has 3 heterocycles. The van der Waals surface area contributed by atoms with Crippen molar-refractivity contribution in [3.63, 3.8) is 0 Å². The molecule has 0 aromatic carbocycles. The summed E-state index contributed by atoms with van der Waals surface area (Å²) < 4.78 is 19.2. The van der Waals surface area contributed by atoms with Crippen LogP contribution in [-0.4, -0.2) is 35.8 Å². The minimum absolute atomic E-state index is 0.245. The van der Waals surface area contributed by atoms with E-state index in [1.165, 1.54) is 17.3 Å². The van der Waals surface area contributed by atoms with E-state index in [1.54, 1.807) is 12.3 Å².